The molecule has 0 bridgehead atoms. The maximum atomic E-state index is 10.7. The Bertz CT molecular complexity index is 496. The first kappa shape index (κ1) is 11.7. The van der Waals surface area contributed by atoms with Crippen molar-refractivity contribution in [2.24, 2.45) is 0 Å². The zero-order valence-electron chi connectivity index (χ0n) is 8.81. The van der Waals surface area contributed by atoms with Gasteiger partial charge in [-0.25, -0.2) is 4.79 Å². The highest BCUT2D eigenvalue weighted by Gasteiger charge is 2.09. The van der Waals surface area contributed by atoms with Gasteiger partial charge in [-0.2, -0.15) is 0 Å². The number of esters is 1. The van der Waals surface area contributed by atoms with Crippen LogP contribution in [0.3, 0.4) is 0 Å². The largest absolute Gasteiger partial charge is 0.459 e. The Balaban J connectivity index is 3.01. The van der Waals surface area contributed by atoms with Gasteiger partial charge in [0.2, 0.25) is 0 Å². The number of aryl methyl sites for hydroxylation is 1. The molecular weight excluding hydrogens is 210 g/mol. The normalized spacial score (nSPS) is 8.88. The second-order valence-corrected chi connectivity index (χ2v) is 3.00. The number of nitro groups is 1. The first-order valence-electron chi connectivity index (χ1n) is 4.39. The van der Waals surface area contributed by atoms with Crippen LogP contribution in [0.1, 0.15) is 11.1 Å². The third-order valence-corrected chi connectivity index (χ3v) is 1.89. The number of hydrogen-bond donors (Lipinski definition) is 0. The number of nitro benzene ring substituents is 1. The summed E-state index contributed by atoms with van der Waals surface area (Å²) in [4.78, 5) is 20.8. The maximum absolute atomic E-state index is 10.7. The molecule has 1 aromatic rings. The van der Waals surface area contributed by atoms with Crippen LogP contribution in [0.15, 0.2) is 18.2 Å². The second-order valence-electron chi connectivity index (χ2n) is 3.00. The maximum Gasteiger partial charge on any atom is 0.384 e. The third-order valence-electron chi connectivity index (χ3n) is 1.89. The third kappa shape index (κ3) is 2.82. The highest BCUT2D eigenvalue weighted by atomic mass is 16.6. The molecule has 16 heavy (non-hydrogen) atoms. The minimum atomic E-state index is -0.643. The van der Waals surface area contributed by atoms with Gasteiger partial charge in [0.1, 0.15) is 0 Å². The number of hydrogen-bond acceptors (Lipinski definition) is 4. The van der Waals surface area contributed by atoms with Gasteiger partial charge in [0.25, 0.3) is 5.69 Å². The van der Waals surface area contributed by atoms with E-state index in [1.807, 2.05) is 0 Å². The van der Waals surface area contributed by atoms with Crippen molar-refractivity contribution in [2.75, 3.05) is 7.11 Å². The Morgan fingerprint density at radius 2 is 2.19 bits per heavy atom. The molecule has 0 aliphatic carbocycles. The van der Waals surface area contributed by atoms with Crippen molar-refractivity contribution in [3.05, 3.63) is 39.4 Å². The summed E-state index contributed by atoms with van der Waals surface area (Å²) in [5, 5.41) is 10.5. The molecule has 0 atom stereocenters. The lowest BCUT2D eigenvalue weighted by Crippen LogP contribution is -1.95. The topological polar surface area (TPSA) is 69.4 Å². The quantitative estimate of drug-likeness (QED) is 0.310. The minimum Gasteiger partial charge on any atom is -0.459 e. The number of rotatable bonds is 1. The van der Waals surface area contributed by atoms with E-state index < -0.39 is 10.9 Å². The first-order valence-corrected chi connectivity index (χ1v) is 4.39. The summed E-state index contributed by atoms with van der Waals surface area (Å²) < 4.78 is 4.34. The van der Waals surface area contributed by atoms with Crippen molar-refractivity contribution in [3.8, 4) is 11.8 Å². The predicted molar refractivity (Wildman–Crippen MR) is 56.7 cm³/mol. The van der Waals surface area contributed by atoms with Crippen LogP contribution in [-0.4, -0.2) is 18.0 Å². The Hall–Kier alpha value is -2.35. The average Bonchev–Trinajstić information content (AvgIpc) is 2.25. The van der Waals surface area contributed by atoms with Gasteiger partial charge < -0.3 is 4.74 Å². The molecule has 0 saturated carbocycles. The Morgan fingerprint density at radius 1 is 1.50 bits per heavy atom. The van der Waals surface area contributed by atoms with E-state index in [1.54, 1.807) is 13.0 Å². The number of benzene rings is 1. The number of nitrogens with zero attached hydrogens (tertiary/aromatic N) is 1. The van der Waals surface area contributed by atoms with Crippen LogP contribution >= 0.6 is 0 Å². The standard InChI is InChI=1S/C11H9NO4/c1-8-7-9(4-6-11(13)16-2)3-5-10(8)12(14)15/h3,5,7H,1-2H3. The molecule has 0 aliphatic rings. The monoisotopic (exact) mass is 219 g/mol. The molecule has 0 N–H and O–H groups in total. The van der Waals surface area contributed by atoms with Crippen molar-refractivity contribution < 1.29 is 14.5 Å². The van der Waals surface area contributed by atoms with Gasteiger partial charge in [-0.15, -0.1) is 0 Å². The Morgan fingerprint density at radius 3 is 2.69 bits per heavy atom. The van der Waals surface area contributed by atoms with E-state index in [9.17, 15) is 14.9 Å². The van der Waals surface area contributed by atoms with Crippen molar-refractivity contribution in [2.45, 2.75) is 6.92 Å². The fraction of sp³-hybridized carbons (Fsp3) is 0.182. The fourth-order valence-electron chi connectivity index (χ4n) is 1.11. The zero-order valence-corrected chi connectivity index (χ0v) is 8.81. The van der Waals surface area contributed by atoms with E-state index in [-0.39, 0.29) is 5.69 Å². The van der Waals surface area contributed by atoms with Gasteiger partial charge in [-0.1, -0.05) is 5.92 Å². The van der Waals surface area contributed by atoms with Crippen LogP contribution < -0.4 is 0 Å². The summed E-state index contributed by atoms with van der Waals surface area (Å²) in [7, 11) is 1.23. The average molecular weight is 219 g/mol. The second kappa shape index (κ2) is 4.94. The SMILES string of the molecule is COC(=O)C#Cc1ccc([N+](=O)[O-])c(C)c1. The summed E-state index contributed by atoms with van der Waals surface area (Å²) in [6, 6.07) is 4.39. The Labute approximate surface area is 92.2 Å². The van der Waals surface area contributed by atoms with E-state index in [2.05, 4.69) is 16.6 Å². The van der Waals surface area contributed by atoms with Crippen molar-refractivity contribution in [1.29, 1.82) is 0 Å². The molecule has 1 aromatic carbocycles. The molecule has 82 valence electrons. The van der Waals surface area contributed by atoms with Crippen molar-refractivity contribution in [1.82, 2.24) is 0 Å². The van der Waals surface area contributed by atoms with Crippen LogP contribution in [0.2, 0.25) is 0 Å². The molecule has 0 fully saturated rings. The van der Waals surface area contributed by atoms with Gasteiger partial charge in [0.15, 0.2) is 0 Å². The summed E-state index contributed by atoms with van der Waals surface area (Å²) in [5.41, 5.74) is 1.07. The van der Waals surface area contributed by atoms with Gasteiger partial charge >= 0.3 is 5.97 Å². The predicted octanol–water partition coefficient (Wildman–Crippen LogP) is 1.43. The number of carbonyl (C=O) groups is 1. The van der Waals surface area contributed by atoms with Crippen LogP contribution in [0, 0.1) is 28.9 Å². The lowest BCUT2D eigenvalue weighted by molar-refractivity contribution is -0.385. The molecule has 5 nitrogen and oxygen atoms in total. The van der Waals surface area contributed by atoms with E-state index >= 15 is 0 Å². The molecule has 0 spiro atoms. The molecule has 0 unspecified atom stereocenters. The fourth-order valence-corrected chi connectivity index (χ4v) is 1.11. The van der Waals surface area contributed by atoms with Gasteiger partial charge in [-0.05, 0) is 19.1 Å². The molecule has 1 rings (SSSR count). The van der Waals surface area contributed by atoms with E-state index in [1.165, 1.54) is 19.2 Å². The first-order chi connectivity index (χ1) is 7.54. The summed E-state index contributed by atoms with van der Waals surface area (Å²) in [5.74, 6) is 4.16. The van der Waals surface area contributed by atoms with Gasteiger partial charge in [0, 0.05) is 23.1 Å². The van der Waals surface area contributed by atoms with E-state index in [0.717, 1.165) is 0 Å². The van der Waals surface area contributed by atoms with Gasteiger partial charge in [-0.3, -0.25) is 10.1 Å². The van der Waals surface area contributed by atoms with Crippen molar-refractivity contribution in [3.63, 3.8) is 0 Å². The number of methoxy groups -OCH3 is 1. The van der Waals surface area contributed by atoms with Crippen LogP contribution in [0.25, 0.3) is 0 Å². The summed E-state index contributed by atoms with van der Waals surface area (Å²) in [6.45, 7) is 1.61. The van der Waals surface area contributed by atoms with Crippen LogP contribution in [-0.2, 0) is 9.53 Å². The molecule has 0 radical (unpaired) electrons. The molecule has 0 heterocycles. The Kier molecular flexibility index (Phi) is 3.62. The van der Waals surface area contributed by atoms with Crippen LogP contribution in [0.5, 0.6) is 0 Å². The molecule has 0 saturated heterocycles. The molecular formula is C11H9NO4. The van der Waals surface area contributed by atoms with E-state index in [0.29, 0.717) is 11.1 Å². The lowest BCUT2D eigenvalue weighted by atomic mass is 10.1. The number of ether oxygens (including phenoxy) is 1. The summed E-state index contributed by atoms with van der Waals surface area (Å²) in [6.07, 6.45) is 0. The molecule has 0 aromatic heterocycles. The lowest BCUT2D eigenvalue weighted by Gasteiger charge is -1.96. The summed E-state index contributed by atoms with van der Waals surface area (Å²) >= 11 is 0. The van der Waals surface area contributed by atoms with Gasteiger partial charge in [0.05, 0.1) is 12.0 Å². The van der Waals surface area contributed by atoms with E-state index in [4.69, 9.17) is 0 Å². The number of carbonyl (C=O) groups excluding carboxylic acids is 1. The minimum absolute atomic E-state index is 0.0311. The van der Waals surface area contributed by atoms with Crippen molar-refractivity contribution >= 4 is 11.7 Å². The molecule has 0 aliphatic heterocycles. The van der Waals surface area contributed by atoms with Crippen LogP contribution in [0.4, 0.5) is 5.69 Å². The highest BCUT2D eigenvalue weighted by molar-refractivity contribution is 5.89. The smallest absolute Gasteiger partial charge is 0.384 e. The molecule has 5 heteroatoms. The highest BCUT2D eigenvalue weighted by Crippen LogP contribution is 2.17. The molecule has 0 amide bonds. The zero-order chi connectivity index (χ0) is 12.1.